The molecule has 0 atom stereocenters. The number of benzene rings is 2. The minimum absolute atomic E-state index is 0.161. The van der Waals surface area contributed by atoms with Crippen LogP contribution >= 0.6 is 0 Å². The lowest BCUT2D eigenvalue weighted by atomic mass is 10.0. The van der Waals surface area contributed by atoms with Crippen LogP contribution in [0.5, 0.6) is 5.75 Å². The number of aromatic nitrogens is 1. The summed E-state index contributed by atoms with van der Waals surface area (Å²) in [5.74, 6) is 0.441. The van der Waals surface area contributed by atoms with Crippen molar-refractivity contribution < 1.29 is 17.9 Å². The van der Waals surface area contributed by atoms with E-state index in [9.17, 15) is 13.2 Å². The van der Waals surface area contributed by atoms with Gasteiger partial charge in [0, 0.05) is 30.2 Å². The van der Waals surface area contributed by atoms with E-state index in [1.807, 2.05) is 25.1 Å². The maximum Gasteiger partial charge on any atom is 0.253 e. The second-order valence-electron chi connectivity index (χ2n) is 6.91. The van der Waals surface area contributed by atoms with E-state index >= 15 is 0 Å². The maximum atomic E-state index is 12.8. The monoisotopic (exact) mass is 396 g/mol. The highest BCUT2D eigenvalue weighted by Gasteiger charge is 2.40. The van der Waals surface area contributed by atoms with Crippen molar-refractivity contribution in [3.05, 3.63) is 65.9 Å². The molecule has 2 aromatic carbocycles. The van der Waals surface area contributed by atoms with Gasteiger partial charge in [0.05, 0.1) is 17.5 Å². The standard InChI is InChI=1S/C21H20N2O4S/c1-14-9-10-22-20-8-3-15(11-19(14)20)21(24)23-12-18(13-23)28(25,26)17-6-4-16(27-2)5-7-17/h3-11,18H,12-13H2,1-2H3. The van der Waals surface area contributed by atoms with E-state index in [0.717, 1.165) is 16.5 Å². The zero-order chi connectivity index (χ0) is 19.9. The van der Waals surface area contributed by atoms with Crippen LogP contribution in [-0.2, 0) is 9.84 Å². The van der Waals surface area contributed by atoms with Gasteiger partial charge in [0.25, 0.3) is 5.91 Å². The molecule has 0 aliphatic carbocycles. The first-order valence-electron chi connectivity index (χ1n) is 8.93. The third kappa shape index (κ3) is 3.11. The number of carbonyl (C=O) groups is 1. The van der Waals surface area contributed by atoms with Crippen LogP contribution in [-0.4, -0.2) is 49.7 Å². The molecule has 0 saturated carbocycles. The summed E-state index contributed by atoms with van der Waals surface area (Å²) in [6.45, 7) is 2.36. The molecule has 1 aromatic heterocycles. The number of carbonyl (C=O) groups excluding carboxylic acids is 1. The number of hydrogen-bond acceptors (Lipinski definition) is 5. The summed E-state index contributed by atoms with van der Waals surface area (Å²) >= 11 is 0. The molecule has 0 N–H and O–H groups in total. The van der Waals surface area contributed by atoms with Crippen molar-refractivity contribution in [3.8, 4) is 5.75 Å². The first-order valence-corrected chi connectivity index (χ1v) is 10.5. The Balaban J connectivity index is 1.50. The number of nitrogens with zero attached hydrogens (tertiary/aromatic N) is 2. The summed E-state index contributed by atoms with van der Waals surface area (Å²) in [6.07, 6.45) is 1.74. The molecule has 0 spiro atoms. The summed E-state index contributed by atoms with van der Waals surface area (Å²) in [4.78, 5) is 18.9. The Bertz CT molecular complexity index is 1150. The molecule has 2 heterocycles. The lowest BCUT2D eigenvalue weighted by molar-refractivity contribution is 0.0659. The second kappa shape index (κ2) is 6.91. The number of rotatable bonds is 4. The molecule has 0 radical (unpaired) electrons. The molecule has 7 heteroatoms. The molecule has 1 fully saturated rings. The molecule has 4 rings (SSSR count). The molecule has 1 aliphatic heterocycles. The number of aryl methyl sites for hydroxylation is 1. The molecule has 1 aliphatic rings. The average molecular weight is 396 g/mol. The third-order valence-corrected chi connectivity index (χ3v) is 7.27. The van der Waals surface area contributed by atoms with Crippen LogP contribution in [0.3, 0.4) is 0 Å². The quantitative estimate of drug-likeness (QED) is 0.678. The highest BCUT2D eigenvalue weighted by molar-refractivity contribution is 7.92. The van der Waals surface area contributed by atoms with Gasteiger partial charge in [0.2, 0.25) is 0 Å². The molecule has 1 amide bonds. The van der Waals surface area contributed by atoms with Crippen LogP contribution in [0.15, 0.2) is 59.6 Å². The Morgan fingerprint density at radius 3 is 2.50 bits per heavy atom. The number of hydrogen-bond donors (Lipinski definition) is 0. The summed E-state index contributed by atoms with van der Waals surface area (Å²) in [7, 11) is -1.95. The molecule has 28 heavy (non-hydrogen) atoms. The number of likely N-dealkylation sites (tertiary alicyclic amines) is 1. The normalized spacial score (nSPS) is 14.7. The lowest BCUT2D eigenvalue weighted by Gasteiger charge is -2.38. The van der Waals surface area contributed by atoms with Crippen LogP contribution in [0.25, 0.3) is 10.9 Å². The van der Waals surface area contributed by atoms with E-state index in [4.69, 9.17) is 4.74 Å². The van der Waals surface area contributed by atoms with E-state index in [0.29, 0.717) is 11.3 Å². The van der Waals surface area contributed by atoms with E-state index in [-0.39, 0.29) is 23.9 Å². The molecule has 0 unspecified atom stereocenters. The van der Waals surface area contributed by atoms with Gasteiger partial charge in [-0.1, -0.05) is 0 Å². The van der Waals surface area contributed by atoms with Gasteiger partial charge in [0.15, 0.2) is 9.84 Å². The van der Waals surface area contributed by atoms with Crippen LogP contribution < -0.4 is 4.74 Å². The Morgan fingerprint density at radius 2 is 1.82 bits per heavy atom. The van der Waals surface area contributed by atoms with Crippen molar-refractivity contribution in [1.29, 1.82) is 0 Å². The molecule has 1 saturated heterocycles. The Hall–Kier alpha value is -2.93. The number of ether oxygens (including phenoxy) is 1. The van der Waals surface area contributed by atoms with Gasteiger partial charge in [-0.25, -0.2) is 8.42 Å². The fourth-order valence-electron chi connectivity index (χ4n) is 3.36. The van der Waals surface area contributed by atoms with Crippen LogP contribution in [0.4, 0.5) is 0 Å². The summed E-state index contributed by atoms with van der Waals surface area (Å²) in [6, 6.07) is 13.6. The fraction of sp³-hybridized carbons (Fsp3) is 0.238. The van der Waals surface area contributed by atoms with Crippen molar-refractivity contribution in [2.24, 2.45) is 0 Å². The topological polar surface area (TPSA) is 76.6 Å². The zero-order valence-corrected chi connectivity index (χ0v) is 16.4. The van der Waals surface area contributed by atoms with Crippen molar-refractivity contribution in [2.45, 2.75) is 17.1 Å². The first kappa shape index (κ1) is 18.4. The zero-order valence-electron chi connectivity index (χ0n) is 15.6. The SMILES string of the molecule is COc1ccc(S(=O)(=O)C2CN(C(=O)c3ccc4nccc(C)c4c3)C2)cc1. The van der Waals surface area contributed by atoms with E-state index in [1.54, 1.807) is 29.3 Å². The molecule has 3 aromatic rings. The van der Waals surface area contributed by atoms with E-state index in [2.05, 4.69) is 4.98 Å². The summed E-state index contributed by atoms with van der Waals surface area (Å²) in [5, 5.41) is 0.338. The fourth-order valence-corrected chi connectivity index (χ4v) is 5.01. The first-order chi connectivity index (χ1) is 13.4. The van der Waals surface area contributed by atoms with Crippen molar-refractivity contribution in [1.82, 2.24) is 9.88 Å². The largest absolute Gasteiger partial charge is 0.497 e. The minimum atomic E-state index is -3.48. The van der Waals surface area contributed by atoms with E-state index in [1.165, 1.54) is 19.2 Å². The lowest BCUT2D eigenvalue weighted by Crippen LogP contribution is -2.56. The van der Waals surface area contributed by atoms with Crippen LogP contribution in [0, 0.1) is 6.92 Å². The number of pyridine rings is 1. The Morgan fingerprint density at radius 1 is 1.11 bits per heavy atom. The van der Waals surface area contributed by atoms with Gasteiger partial charge in [-0.3, -0.25) is 9.78 Å². The van der Waals surface area contributed by atoms with Gasteiger partial charge in [-0.15, -0.1) is 0 Å². The second-order valence-corrected chi connectivity index (χ2v) is 9.14. The van der Waals surface area contributed by atoms with Gasteiger partial charge in [-0.05, 0) is 61.0 Å². The maximum absolute atomic E-state index is 12.8. The van der Waals surface area contributed by atoms with E-state index < -0.39 is 15.1 Å². The molecular weight excluding hydrogens is 376 g/mol. The number of fused-ring (bicyclic) bond motifs is 1. The van der Waals surface area contributed by atoms with Gasteiger partial charge in [-0.2, -0.15) is 0 Å². The predicted molar refractivity (Wildman–Crippen MR) is 106 cm³/mol. The van der Waals surface area contributed by atoms with Gasteiger partial charge >= 0.3 is 0 Å². The number of sulfone groups is 1. The van der Waals surface area contributed by atoms with Crippen molar-refractivity contribution in [3.63, 3.8) is 0 Å². The van der Waals surface area contributed by atoms with Gasteiger partial charge < -0.3 is 9.64 Å². The molecular formula is C21H20N2O4S. The average Bonchev–Trinajstić information content (AvgIpc) is 2.66. The van der Waals surface area contributed by atoms with Crippen LogP contribution in [0.2, 0.25) is 0 Å². The molecule has 0 bridgehead atoms. The summed E-state index contributed by atoms with van der Waals surface area (Å²) in [5.41, 5.74) is 2.42. The number of amides is 1. The third-order valence-electron chi connectivity index (χ3n) is 5.17. The molecule has 144 valence electrons. The van der Waals surface area contributed by atoms with Crippen molar-refractivity contribution >= 4 is 26.6 Å². The Kier molecular flexibility index (Phi) is 4.55. The highest BCUT2D eigenvalue weighted by Crippen LogP contribution is 2.27. The smallest absolute Gasteiger partial charge is 0.253 e. The Labute approximate surface area is 163 Å². The van der Waals surface area contributed by atoms with Gasteiger partial charge in [0.1, 0.15) is 11.0 Å². The highest BCUT2D eigenvalue weighted by atomic mass is 32.2. The van der Waals surface area contributed by atoms with Crippen molar-refractivity contribution in [2.75, 3.05) is 20.2 Å². The number of methoxy groups -OCH3 is 1. The summed E-state index contributed by atoms with van der Waals surface area (Å²) < 4.78 is 30.6. The molecule has 6 nitrogen and oxygen atoms in total. The predicted octanol–water partition coefficient (Wildman–Crippen LogP) is 2.85. The minimum Gasteiger partial charge on any atom is -0.497 e. The van der Waals surface area contributed by atoms with Crippen LogP contribution in [0.1, 0.15) is 15.9 Å².